The summed E-state index contributed by atoms with van der Waals surface area (Å²) < 4.78 is 35.4. The summed E-state index contributed by atoms with van der Waals surface area (Å²) in [6, 6.07) is 3.85. The van der Waals surface area contributed by atoms with E-state index in [1.54, 1.807) is 0 Å². The highest BCUT2D eigenvalue weighted by atomic mass is 32.2. The van der Waals surface area contributed by atoms with Gasteiger partial charge in [-0.2, -0.15) is 0 Å². The van der Waals surface area contributed by atoms with E-state index in [4.69, 9.17) is 9.84 Å². The molecule has 1 rings (SSSR count). The number of carbonyl (C=O) groups excluding carboxylic acids is 1. The lowest BCUT2D eigenvalue weighted by Crippen LogP contribution is -2.29. The number of hydrogen-bond donors (Lipinski definition) is 1. The second-order valence-corrected chi connectivity index (χ2v) is 6.34. The van der Waals surface area contributed by atoms with Gasteiger partial charge < -0.3 is 14.6 Å². The molecule has 0 aromatic heterocycles. The van der Waals surface area contributed by atoms with E-state index in [9.17, 15) is 18.0 Å². The van der Waals surface area contributed by atoms with Gasteiger partial charge in [-0.1, -0.05) is 0 Å². The summed E-state index contributed by atoms with van der Waals surface area (Å²) in [6.07, 6.45) is -0.339. The summed E-state index contributed by atoms with van der Waals surface area (Å²) >= 11 is 0. The molecule has 0 atom stereocenters. The van der Waals surface area contributed by atoms with Gasteiger partial charge in [0.25, 0.3) is 0 Å². The maximum atomic E-state index is 12.5. The highest BCUT2D eigenvalue weighted by Crippen LogP contribution is 2.27. The van der Waals surface area contributed by atoms with E-state index in [0.717, 1.165) is 10.4 Å². The first-order valence-corrected chi connectivity index (χ1v) is 7.62. The second kappa shape index (κ2) is 7.23. The van der Waals surface area contributed by atoms with Crippen LogP contribution in [0.2, 0.25) is 0 Å². The number of carboxylic acid groups (broad SMARTS) is 1. The maximum absolute atomic E-state index is 12.5. The Balaban J connectivity index is 3.26. The van der Waals surface area contributed by atoms with Crippen LogP contribution in [0.1, 0.15) is 16.8 Å². The van der Waals surface area contributed by atoms with E-state index in [1.165, 1.54) is 33.4 Å². The van der Waals surface area contributed by atoms with Crippen LogP contribution in [0.5, 0.6) is 5.75 Å². The Hall–Kier alpha value is -2.13. The third-order valence-electron chi connectivity index (χ3n) is 2.91. The average Bonchev–Trinajstić information content (AvgIpc) is 2.50. The van der Waals surface area contributed by atoms with E-state index < -0.39 is 22.0 Å². The number of carboxylic acids is 1. The van der Waals surface area contributed by atoms with Crippen LogP contribution in [0.3, 0.4) is 0 Å². The highest BCUT2D eigenvalue weighted by molar-refractivity contribution is 7.89. The van der Waals surface area contributed by atoms with Crippen molar-refractivity contribution >= 4 is 22.0 Å². The second-order valence-electron chi connectivity index (χ2n) is 4.33. The van der Waals surface area contributed by atoms with Gasteiger partial charge in [0, 0.05) is 13.6 Å². The number of aliphatic carboxylic acids is 1. The lowest BCUT2D eigenvalue weighted by Gasteiger charge is -2.18. The molecule has 1 N–H and O–H groups in total. The normalized spacial score (nSPS) is 11.3. The molecule has 9 heteroatoms. The van der Waals surface area contributed by atoms with E-state index in [2.05, 4.69) is 4.74 Å². The van der Waals surface area contributed by atoms with Gasteiger partial charge in [-0.05, 0) is 18.2 Å². The van der Waals surface area contributed by atoms with Gasteiger partial charge in [0.2, 0.25) is 10.0 Å². The Labute approximate surface area is 128 Å². The summed E-state index contributed by atoms with van der Waals surface area (Å²) in [7, 11) is -0.277. The molecular weight excluding hydrogens is 314 g/mol. The summed E-state index contributed by atoms with van der Waals surface area (Å²) in [5, 5.41) is 8.64. The molecule has 1 aromatic rings. The van der Waals surface area contributed by atoms with Gasteiger partial charge in [-0.3, -0.25) is 4.79 Å². The molecule has 0 aliphatic rings. The quantitative estimate of drug-likeness (QED) is 0.727. The summed E-state index contributed by atoms with van der Waals surface area (Å²) in [4.78, 5) is 21.9. The molecule has 0 aliphatic heterocycles. The number of rotatable bonds is 7. The van der Waals surface area contributed by atoms with Crippen molar-refractivity contribution < 1.29 is 32.6 Å². The maximum Gasteiger partial charge on any atom is 0.337 e. The van der Waals surface area contributed by atoms with Gasteiger partial charge >= 0.3 is 11.9 Å². The number of carbonyl (C=O) groups is 2. The molecule has 0 heterocycles. The lowest BCUT2D eigenvalue weighted by molar-refractivity contribution is -0.137. The fourth-order valence-corrected chi connectivity index (χ4v) is 3.01. The Morgan fingerprint density at radius 3 is 2.41 bits per heavy atom. The minimum absolute atomic E-state index is 0.0495. The minimum Gasteiger partial charge on any atom is -0.495 e. The number of nitrogens with zero attached hydrogens (tertiary/aromatic N) is 1. The van der Waals surface area contributed by atoms with Crippen LogP contribution >= 0.6 is 0 Å². The highest BCUT2D eigenvalue weighted by Gasteiger charge is 2.26. The van der Waals surface area contributed by atoms with Crippen molar-refractivity contribution in [3.8, 4) is 5.75 Å². The molecule has 0 fully saturated rings. The number of sulfonamides is 1. The van der Waals surface area contributed by atoms with Crippen molar-refractivity contribution in [2.45, 2.75) is 11.3 Å². The van der Waals surface area contributed by atoms with E-state index in [1.807, 2.05) is 0 Å². The zero-order valence-electron chi connectivity index (χ0n) is 12.4. The first-order valence-electron chi connectivity index (χ1n) is 6.18. The zero-order chi connectivity index (χ0) is 16.9. The minimum atomic E-state index is -4.00. The van der Waals surface area contributed by atoms with Crippen LogP contribution in [0.4, 0.5) is 0 Å². The Morgan fingerprint density at radius 2 is 1.91 bits per heavy atom. The molecule has 0 unspecified atom stereocenters. The van der Waals surface area contributed by atoms with Crippen LogP contribution in [-0.2, 0) is 19.6 Å². The van der Waals surface area contributed by atoms with Gasteiger partial charge in [-0.25, -0.2) is 17.5 Å². The SMILES string of the molecule is COC(=O)c1ccc(OC)c(S(=O)(=O)N(C)CCC(=O)O)c1. The number of benzene rings is 1. The van der Waals surface area contributed by atoms with Crippen LogP contribution in [0.25, 0.3) is 0 Å². The summed E-state index contributed by atoms with van der Waals surface area (Å²) in [6.45, 7) is -0.205. The molecule has 0 radical (unpaired) electrons. The first-order chi connectivity index (χ1) is 10.2. The standard InChI is InChI=1S/C13H17NO7S/c1-14(7-6-12(15)16)22(18,19)11-8-9(13(17)21-3)4-5-10(11)20-2/h4-5,8H,6-7H2,1-3H3,(H,15,16). The Morgan fingerprint density at radius 1 is 1.27 bits per heavy atom. The lowest BCUT2D eigenvalue weighted by atomic mass is 10.2. The fraction of sp³-hybridized carbons (Fsp3) is 0.385. The summed E-state index contributed by atoms with van der Waals surface area (Å²) in [5.74, 6) is -1.75. The topological polar surface area (TPSA) is 110 Å². The van der Waals surface area contributed by atoms with Crippen LogP contribution in [-0.4, -0.2) is 57.6 Å². The van der Waals surface area contributed by atoms with Crippen molar-refractivity contribution in [2.75, 3.05) is 27.8 Å². The van der Waals surface area contributed by atoms with E-state index in [-0.39, 0.29) is 29.2 Å². The molecule has 0 bridgehead atoms. The number of ether oxygens (including phenoxy) is 2. The van der Waals surface area contributed by atoms with Crippen molar-refractivity contribution in [1.82, 2.24) is 4.31 Å². The number of esters is 1. The predicted octanol–water partition coefficient (Wildman–Crippen LogP) is 0.577. The fourth-order valence-electron chi connectivity index (χ4n) is 1.66. The van der Waals surface area contributed by atoms with Gasteiger partial charge in [-0.15, -0.1) is 0 Å². The van der Waals surface area contributed by atoms with Gasteiger partial charge in [0.15, 0.2) is 0 Å². The van der Waals surface area contributed by atoms with Crippen LogP contribution in [0, 0.1) is 0 Å². The zero-order valence-corrected chi connectivity index (χ0v) is 13.2. The summed E-state index contributed by atoms with van der Waals surface area (Å²) in [5.41, 5.74) is 0.0495. The Bertz CT molecular complexity index is 669. The molecule has 8 nitrogen and oxygen atoms in total. The molecule has 0 spiro atoms. The van der Waals surface area contributed by atoms with E-state index in [0.29, 0.717) is 0 Å². The average molecular weight is 331 g/mol. The largest absolute Gasteiger partial charge is 0.495 e. The van der Waals surface area contributed by atoms with Crippen molar-refractivity contribution in [3.05, 3.63) is 23.8 Å². The van der Waals surface area contributed by atoms with Gasteiger partial charge in [0.1, 0.15) is 10.6 Å². The van der Waals surface area contributed by atoms with Crippen LogP contribution in [0.15, 0.2) is 23.1 Å². The molecule has 0 saturated carbocycles. The number of hydrogen-bond acceptors (Lipinski definition) is 6. The third kappa shape index (κ3) is 3.95. The predicted molar refractivity (Wildman–Crippen MR) is 76.4 cm³/mol. The van der Waals surface area contributed by atoms with Gasteiger partial charge in [0.05, 0.1) is 26.2 Å². The number of methoxy groups -OCH3 is 2. The first kappa shape index (κ1) is 17.9. The molecule has 22 heavy (non-hydrogen) atoms. The van der Waals surface area contributed by atoms with Crippen molar-refractivity contribution in [3.63, 3.8) is 0 Å². The molecule has 0 aliphatic carbocycles. The van der Waals surface area contributed by atoms with E-state index >= 15 is 0 Å². The Kier molecular flexibility index (Phi) is 5.89. The monoisotopic (exact) mass is 331 g/mol. The van der Waals surface area contributed by atoms with Crippen molar-refractivity contribution in [1.29, 1.82) is 0 Å². The van der Waals surface area contributed by atoms with Crippen LogP contribution < -0.4 is 4.74 Å². The molecule has 1 aromatic carbocycles. The van der Waals surface area contributed by atoms with Crippen molar-refractivity contribution in [2.24, 2.45) is 0 Å². The molecule has 0 saturated heterocycles. The third-order valence-corrected chi connectivity index (χ3v) is 4.79. The molecular formula is C13H17NO7S. The molecule has 122 valence electrons. The molecule has 0 amide bonds. The smallest absolute Gasteiger partial charge is 0.337 e.